The maximum absolute atomic E-state index is 13.5. The zero-order valence-electron chi connectivity index (χ0n) is 12.2. The summed E-state index contributed by atoms with van der Waals surface area (Å²) in [4.78, 5) is 33.1. The van der Waals surface area contributed by atoms with Gasteiger partial charge in [-0.15, -0.1) is 0 Å². The summed E-state index contributed by atoms with van der Waals surface area (Å²) in [5, 5.41) is 2.19. The molecular weight excluding hydrogens is 325 g/mol. The van der Waals surface area contributed by atoms with Crippen molar-refractivity contribution in [3.05, 3.63) is 53.9 Å². The molecule has 1 saturated heterocycles. The van der Waals surface area contributed by atoms with E-state index in [9.17, 15) is 22.8 Å². The molecule has 0 aliphatic carbocycles. The molecule has 0 radical (unpaired) electrons. The minimum Gasteiger partial charge on any atom is -0.336 e. The molecule has 1 N–H and O–H groups in total. The number of aromatic nitrogens is 2. The van der Waals surface area contributed by atoms with Crippen molar-refractivity contribution in [2.24, 2.45) is 5.92 Å². The van der Waals surface area contributed by atoms with Crippen molar-refractivity contribution < 1.29 is 22.8 Å². The molecule has 2 aromatic rings. The average molecular weight is 336 g/mol. The first-order chi connectivity index (χ1) is 11.5. The van der Waals surface area contributed by atoms with E-state index in [4.69, 9.17) is 0 Å². The van der Waals surface area contributed by atoms with Crippen LogP contribution in [0.4, 0.5) is 18.9 Å². The van der Waals surface area contributed by atoms with Gasteiger partial charge in [0.25, 0.3) is 5.91 Å². The van der Waals surface area contributed by atoms with E-state index < -0.39 is 35.0 Å². The molecule has 24 heavy (non-hydrogen) atoms. The van der Waals surface area contributed by atoms with Crippen molar-refractivity contribution in [3.63, 3.8) is 0 Å². The Hall–Kier alpha value is -2.97. The highest BCUT2D eigenvalue weighted by molar-refractivity contribution is 5.97. The predicted octanol–water partition coefficient (Wildman–Crippen LogP) is 1.60. The Morgan fingerprint density at radius 2 is 1.88 bits per heavy atom. The number of hydrogen-bond acceptors (Lipinski definition) is 4. The third-order valence-corrected chi connectivity index (χ3v) is 3.61. The SMILES string of the molecule is O=C(Nc1ccc(F)c(F)c1F)C1CN(C(=O)c2cnccn2)C1. The van der Waals surface area contributed by atoms with E-state index >= 15 is 0 Å². The molecule has 1 aromatic carbocycles. The standard InChI is InChI=1S/C15H11F3N4O2/c16-9-1-2-10(13(18)12(9)17)21-14(23)8-6-22(7-8)15(24)11-5-19-3-4-20-11/h1-5,8H,6-7H2,(H,21,23). The van der Waals surface area contributed by atoms with Crippen molar-refractivity contribution in [3.8, 4) is 0 Å². The lowest BCUT2D eigenvalue weighted by Gasteiger charge is -2.37. The molecule has 2 heterocycles. The molecule has 3 rings (SSSR count). The van der Waals surface area contributed by atoms with Crippen LogP contribution in [0.5, 0.6) is 0 Å². The average Bonchev–Trinajstić information content (AvgIpc) is 2.55. The lowest BCUT2D eigenvalue weighted by Crippen LogP contribution is -2.54. The maximum Gasteiger partial charge on any atom is 0.274 e. The third kappa shape index (κ3) is 2.92. The largest absolute Gasteiger partial charge is 0.336 e. The molecule has 0 bridgehead atoms. The van der Waals surface area contributed by atoms with Gasteiger partial charge in [-0.3, -0.25) is 14.6 Å². The van der Waals surface area contributed by atoms with E-state index in [1.54, 1.807) is 0 Å². The van der Waals surface area contributed by atoms with Gasteiger partial charge < -0.3 is 10.2 Å². The van der Waals surface area contributed by atoms with E-state index in [2.05, 4.69) is 15.3 Å². The molecule has 1 aromatic heterocycles. The summed E-state index contributed by atoms with van der Waals surface area (Å²) in [5.74, 6) is -5.97. The molecule has 9 heteroatoms. The molecule has 0 spiro atoms. The number of anilines is 1. The lowest BCUT2D eigenvalue weighted by molar-refractivity contribution is -0.123. The molecule has 1 aliphatic heterocycles. The lowest BCUT2D eigenvalue weighted by atomic mass is 9.98. The Morgan fingerprint density at radius 3 is 2.54 bits per heavy atom. The van der Waals surface area contributed by atoms with E-state index in [1.807, 2.05) is 0 Å². The zero-order valence-corrected chi connectivity index (χ0v) is 12.2. The van der Waals surface area contributed by atoms with Crippen molar-refractivity contribution in [2.75, 3.05) is 18.4 Å². The number of carbonyl (C=O) groups is 2. The van der Waals surface area contributed by atoms with Gasteiger partial charge >= 0.3 is 0 Å². The zero-order chi connectivity index (χ0) is 17.3. The van der Waals surface area contributed by atoms with Crippen LogP contribution in [0.2, 0.25) is 0 Å². The van der Waals surface area contributed by atoms with Gasteiger partial charge in [0, 0.05) is 25.5 Å². The topological polar surface area (TPSA) is 75.2 Å². The first kappa shape index (κ1) is 15.9. The number of nitrogens with one attached hydrogen (secondary N) is 1. The molecule has 124 valence electrons. The van der Waals surface area contributed by atoms with Gasteiger partial charge in [0.05, 0.1) is 17.8 Å². The van der Waals surface area contributed by atoms with Crippen LogP contribution in [0.1, 0.15) is 10.5 Å². The first-order valence-corrected chi connectivity index (χ1v) is 6.97. The van der Waals surface area contributed by atoms with Crippen LogP contribution < -0.4 is 5.32 Å². The van der Waals surface area contributed by atoms with Crippen LogP contribution in [0.15, 0.2) is 30.7 Å². The van der Waals surface area contributed by atoms with E-state index in [1.165, 1.54) is 23.5 Å². The minimum absolute atomic E-state index is 0.118. The Kier molecular flexibility index (Phi) is 4.15. The van der Waals surface area contributed by atoms with Gasteiger partial charge in [-0.1, -0.05) is 0 Å². The Labute approximate surface area is 134 Å². The van der Waals surface area contributed by atoms with Crippen LogP contribution in [-0.4, -0.2) is 39.8 Å². The number of amides is 2. The Morgan fingerprint density at radius 1 is 1.12 bits per heavy atom. The number of likely N-dealkylation sites (tertiary alicyclic amines) is 1. The van der Waals surface area contributed by atoms with Crippen molar-refractivity contribution in [1.82, 2.24) is 14.9 Å². The first-order valence-electron chi connectivity index (χ1n) is 6.97. The summed E-state index contributed by atoms with van der Waals surface area (Å²) in [5.41, 5.74) is -0.291. The van der Waals surface area contributed by atoms with Gasteiger partial charge in [0.1, 0.15) is 5.69 Å². The molecular formula is C15H11F3N4O2. The van der Waals surface area contributed by atoms with Gasteiger partial charge in [-0.25, -0.2) is 18.2 Å². The molecule has 0 saturated carbocycles. The quantitative estimate of drug-likeness (QED) is 0.864. The van der Waals surface area contributed by atoms with Crippen LogP contribution in [-0.2, 0) is 4.79 Å². The summed E-state index contributed by atoms with van der Waals surface area (Å²) in [6.45, 7) is 0.235. The van der Waals surface area contributed by atoms with Crippen molar-refractivity contribution in [2.45, 2.75) is 0 Å². The molecule has 1 aliphatic rings. The van der Waals surface area contributed by atoms with Crippen LogP contribution in [0.25, 0.3) is 0 Å². The fraction of sp³-hybridized carbons (Fsp3) is 0.200. The van der Waals surface area contributed by atoms with Gasteiger partial charge in [0.2, 0.25) is 5.91 Å². The van der Waals surface area contributed by atoms with E-state index in [0.717, 1.165) is 12.1 Å². The fourth-order valence-corrected chi connectivity index (χ4v) is 2.24. The number of nitrogens with zero attached hydrogens (tertiary/aromatic N) is 3. The number of carbonyl (C=O) groups excluding carboxylic acids is 2. The predicted molar refractivity (Wildman–Crippen MR) is 76.4 cm³/mol. The molecule has 0 unspecified atom stereocenters. The van der Waals surface area contributed by atoms with E-state index in [-0.39, 0.29) is 24.7 Å². The summed E-state index contributed by atoms with van der Waals surface area (Å²) >= 11 is 0. The van der Waals surface area contributed by atoms with E-state index in [0.29, 0.717) is 0 Å². The maximum atomic E-state index is 13.5. The van der Waals surface area contributed by atoms with Crippen LogP contribution >= 0.6 is 0 Å². The van der Waals surface area contributed by atoms with Gasteiger partial charge in [0.15, 0.2) is 17.5 Å². The highest BCUT2D eigenvalue weighted by atomic mass is 19.2. The highest BCUT2D eigenvalue weighted by Crippen LogP contribution is 2.23. The monoisotopic (exact) mass is 336 g/mol. The van der Waals surface area contributed by atoms with Crippen molar-refractivity contribution >= 4 is 17.5 Å². The second-order valence-corrected chi connectivity index (χ2v) is 5.21. The summed E-state index contributed by atoms with van der Waals surface area (Å²) < 4.78 is 39.5. The Balaban J connectivity index is 1.59. The van der Waals surface area contributed by atoms with Gasteiger partial charge in [-0.2, -0.15) is 0 Å². The van der Waals surface area contributed by atoms with Gasteiger partial charge in [-0.05, 0) is 12.1 Å². The second kappa shape index (κ2) is 6.26. The second-order valence-electron chi connectivity index (χ2n) is 5.21. The number of rotatable bonds is 3. The molecule has 2 amide bonds. The highest BCUT2D eigenvalue weighted by Gasteiger charge is 2.37. The normalized spacial score (nSPS) is 14.2. The molecule has 0 atom stereocenters. The smallest absolute Gasteiger partial charge is 0.274 e. The summed E-state index contributed by atoms with van der Waals surface area (Å²) in [6, 6.07) is 1.66. The number of hydrogen-bond donors (Lipinski definition) is 1. The van der Waals surface area contributed by atoms with Crippen molar-refractivity contribution in [1.29, 1.82) is 0 Å². The third-order valence-electron chi connectivity index (χ3n) is 3.61. The van der Waals surface area contributed by atoms with Crippen LogP contribution in [0, 0.1) is 23.4 Å². The van der Waals surface area contributed by atoms with Crippen LogP contribution in [0.3, 0.4) is 0 Å². The molecule has 6 nitrogen and oxygen atoms in total. The molecule has 1 fully saturated rings. The minimum atomic E-state index is -1.65. The Bertz CT molecular complexity index is 795. The summed E-state index contributed by atoms with van der Waals surface area (Å²) in [7, 11) is 0. The summed E-state index contributed by atoms with van der Waals surface area (Å²) in [6.07, 6.45) is 4.12. The number of halogens is 3. The number of benzene rings is 1. The fourth-order valence-electron chi connectivity index (χ4n) is 2.24.